The fourth-order valence-electron chi connectivity index (χ4n) is 4.09. The number of rotatable bonds is 5. The number of pyridine rings is 2. The number of morpholine rings is 1. The highest BCUT2D eigenvalue weighted by Crippen LogP contribution is 2.24. The molecule has 0 spiro atoms. The third kappa shape index (κ3) is 4.74. The maximum atomic E-state index is 6.03. The second kappa shape index (κ2) is 8.98. The SMILES string of the molecule is Cc1cc(C)nc(Nc2ccc(C3CN(Cc4ccc5ncccc5c4)CCO3)nc2)n1. The summed E-state index contributed by atoms with van der Waals surface area (Å²) in [6.45, 7) is 7.22. The maximum Gasteiger partial charge on any atom is 0.227 e. The molecule has 1 aliphatic rings. The molecule has 1 unspecified atom stereocenters. The number of hydrogen-bond acceptors (Lipinski definition) is 7. The van der Waals surface area contributed by atoms with E-state index in [9.17, 15) is 0 Å². The topological polar surface area (TPSA) is 76.1 Å². The van der Waals surface area contributed by atoms with E-state index in [2.05, 4.69) is 54.4 Å². The fraction of sp³-hybridized carbons (Fsp3) is 0.280. The van der Waals surface area contributed by atoms with Gasteiger partial charge in [0.05, 0.1) is 29.7 Å². The third-order valence-electron chi connectivity index (χ3n) is 5.58. The van der Waals surface area contributed by atoms with Crippen LogP contribution >= 0.6 is 0 Å². The van der Waals surface area contributed by atoms with Crippen LogP contribution in [-0.2, 0) is 11.3 Å². The van der Waals surface area contributed by atoms with Gasteiger partial charge >= 0.3 is 0 Å². The molecule has 1 saturated heterocycles. The highest BCUT2D eigenvalue weighted by Gasteiger charge is 2.23. The van der Waals surface area contributed by atoms with Crippen molar-refractivity contribution >= 4 is 22.5 Å². The zero-order chi connectivity index (χ0) is 21.9. The number of hydrogen-bond donors (Lipinski definition) is 1. The van der Waals surface area contributed by atoms with Gasteiger partial charge in [0.15, 0.2) is 0 Å². The van der Waals surface area contributed by atoms with Gasteiger partial charge in [-0.1, -0.05) is 12.1 Å². The van der Waals surface area contributed by atoms with Crippen molar-refractivity contribution in [2.75, 3.05) is 25.0 Å². The molecule has 7 nitrogen and oxygen atoms in total. The van der Waals surface area contributed by atoms with Crippen molar-refractivity contribution in [3.8, 4) is 0 Å². The van der Waals surface area contributed by atoms with E-state index in [1.165, 1.54) is 10.9 Å². The number of ether oxygens (including phenoxy) is 1. The number of nitrogens with zero attached hydrogens (tertiary/aromatic N) is 5. The minimum absolute atomic E-state index is 0.0441. The number of fused-ring (bicyclic) bond motifs is 1. The smallest absolute Gasteiger partial charge is 0.227 e. The minimum atomic E-state index is -0.0441. The normalized spacial score (nSPS) is 16.9. The quantitative estimate of drug-likeness (QED) is 0.508. The molecule has 32 heavy (non-hydrogen) atoms. The van der Waals surface area contributed by atoms with E-state index in [0.717, 1.165) is 47.9 Å². The molecule has 0 bridgehead atoms. The summed E-state index contributed by atoms with van der Waals surface area (Å²) in [6, 6.07) is 16.5. The van der Waals surface area contributed by atoms with Crippen LogP contribution in [-0.4, -0.2) is 44.5 Å². The summed E-state index contributed by atoms with van der Waals surface area (Å²) in [5.74, 6) is 0.586. The molecule has 3 aromatic heterocycles. The molecule has 162 valence electrons. The molecule has 5 rings (SSSR count). The molecule has 7 heteroatoms. The van der Waals surface area contributed by atoms with Crippen LogP contribution in [0, 0.1) is 13.8 Å². The van der Waals surface area contributed by atoms with Gasteiger partial charge in [-0.25, -0.2) is 9.97 Å². The second-order valence-electron chi connectivity index (χ2n) is 8.20. The van der Waals surface area contributed by atoms with Gasteiger partial charge in [0.2, 0.25) is 5.95 Å². The van der Waals surface area contributed by atoms with Crippen LogP contribution in [0.15, 0.2) is 60.9 Å². The molecule has 1 aromatic carbocycles. The Hall–Kier alpha value is -3.42. The summed E-state index contributed by atoms with van der Waals surface area (Å²) >= 11 is 0. The van der Waals surface area contributed by atoms with E-state index in [4.69, 9.17) is 4.74 Å². The van der Waals surface area contributed by atoms with E-state index in [1.54, 1.807) is 0 Å². The van der Waals surface area contributed by atoms with Gasteiger partial charge in [0, 0.05) is 42.6 Å². The number of aryl methyl sites for hydroxylation is 2. The molecule has 1 fully saturated rings. The third-order valence-corrected chi connectivity index (χ3v) is 5.58. The van der Waals surface area contributed by atoms with Crippen LogP contribution in [0.3, 0.4) is 0 Å². The number of anilines is 2. The highest BCUT2D eigenvalue weighted by atomic mass is 16.5. The molecule has 0 radical (unpaired) electrons. The van der Waals surface area contributed by atoms with Crippen molar-refractivity contribution in [2.24, 2.45) is 0 Å². The summed E-state index contributed by atoms with van der Waals surface area (Å²) in [5, 5.41) is 4.40. The lowest BCUT2D eigenvalue weighted by atomic mass is 10.1. The van der Waals surface area contributed by atoms with Crippen molar-refractivity contribution in [3.63, 3.8) is 0 Å². The van der Waals surface area contributed by atoms with Crippen molar-refractivity contribution in [1.29, 1.82) is 0 Å². The van der Waals surface area contributed by atoms with Crippen molar-refractivity contribution < 1.29 is 4.74 Å². The van der Waals surface area contributed by atoms with Crippen molar-refractivity contribution in [3.05, 3.63) is 83.6 Å². The lowest BCUT2D eigenvalue weighted by molar-refractivity contribution is -0.0349. The second-order valence-corrected chi connectivity index (χ2v) is 8.20. The van der Waals surface area contributed by atoms with Gasteiger partial charge in [0.1, 0.15) is 6.10 Å². The van der Waals surface area contributed by atoms with Crippen molar-refractivity contribution in [1.82, 2.24) is 24.8 Å². The van der Waals surface area contributed by atoms with E-state index in [-0.39, 0.29) is 6.10 Å². The first kappa shape index (κ1) is 20.5. The first-order valence-electron chi connectivity index (χ1n) is 10.9. The van der Waals surface area contributed by atoms with Crippen LogP contribution in [0.2, 0.25) is 0 Å². The van der Waals surface area contributed by atoms with Gasteiger partial charge < -0.3 is 10.1 Å². The summed E-state index contributed by atoms with van der Waals surface area (Å²) in [6.07, 6.45) is 3.60. The predicted molar refractivity (Wildman–Crippen MR) is 125 cm³/mol. The average Bonchev–Trinajstić information content (AvgIpc) is 2.79. The number of aromatic nitrogens is 4. The Bertz CT molecular complexity index is 1210. The summed E-state index contributed by atoms with van der Waals surface area (Å²) in [7, 11) is 0. The molecule has 1 N–H and O–H groups in total. The highest BCUT2D eigenvalue weighted by molar-refractivity contribution is 5.78. The molecule has 1 atom stereocenters. The monoisotopic (exact) mass is 426 g/mol. The Kier molecular flexibility index (Phi) is 5.75. The Balaban J connectivity index is 1.24. The zero-order valence-electron chi connectivity index (χ0n) is 18.3. The predicted octanol–water partition coefficient (Wildman–Crippen LogP) is 4.35. The molecule has 1 aliphatic heterocycles. The lowest BCUT2D eigenvalue weighted by Gasteiger charge is -2.32. The summed E-state index contributed by atoms with van der Waals surface area (Å²) < 4.78 is 6.03. The molecule has 0 aliphatic carbocycles. The van der Waals surface area contributed by atoms with Gasteiger partial charge in [-0.2, -0.15) is 0 Å². The van der Waals surface area contributed by atoms with Crippen LogP contribution in [0.1, 0.15) is 28.7 Å². The summed E-state index contributed by atoms with van der Waals surface area (Å²) in [4.78, 5) is 20.3. The molecule has 0 amide bonds. The van der Waals surface area contributed by atoms with E-state index >= 15 is 0 Å². The Morgan fingerprint density at radius 1 is 1.03 bits per heavy atom. The Morgan fingerprint density at radius 3 is 2.72 bits per heavy atom. The van der Waals surface area contributed by atoms with Crippen LogP contribution in [0.25, 0.3) is 10.9 Å². The number of nitrogens with one attached hydrogen (secondary N) is 1. The fourth-order valence-corrected chi connectivity index (χ4v) is 4.09. The van der Waals surface area contributed by atoms with Gasteiger partial charge in [-0.15, -0.1) is 0 Å². The molecule has 4 heterocycles. The van der Waals surface area contributed by atoms with Crippen LogP contribution in [0.5, 0.6) is 0 Å². The van der Waals surface area contributed by atoms with Crippen LogP contribution in [0.4, 0.5) is 11.6 Å². The zero-order valence-corrected chi connectivity index (χ0v) is 18.3. The molecule has 4 aromatic rings. The summed E-state index contributed by atoms with van der Waals surface area (Å²) in [5.41, 5.74) is 5.97. The molecular weight excluding hydrogens is 400 g/mol. The number of benzene rings is 1. The van der Waals surface area contributed by atoms with Gasteiger partial charge in [-0.05, 0) is 55.8 Å². The van der Waals surface area contributed by atoms with Gasteiger partial charge in [-0.3, -0.25) is 14.9 Å². The van der Waals surface area contributed by atoms with E-state index < -0.39 is 0 Å². The standard InChI is InChI=1S/C25H26N6O/c1-17-12-18(2)29-25(28-17)30-21-6-8-23(27-14-21)24-16-31(10-11-32-24)15-19-5-7-22-20(13-19)4-3-9-26-22/h3-9,12-14,24H,10-11,15-16H2,1-2H3,(H,28,29,30). The largest absolute Gasteiger partial charge is 0.369 e. The first-order valence-corrected chi connectivity index (χ1v) is 10.9. The molecular formula is C25H26N6O. The van der Waals surface area contributed by atoms with E-state index in [0.29, 0.717) is 12.6 Å². The van der Waals surface area contributed by atoms with Crippen LogP contribution < -0.4 is 5.32 Å². The van der Waals surface area contributed by atoms with E-state index in [1.807, 2.05) is 50.5 Å². The molecule has 0 saturated carbocycles. The lowest BCUT2D eigenvalue weighted by Crippen LogP contribution is -2.38. The van der Waals surface area contributed by atoms with Gasteiger partial charge in [0.25, 0.3) is 0 Å². The average molecular weight is 427 g/mol. The maximum absolute atomic E-state index is 6.03. The first-order chi connectivity index (χ1) is 15.6. The Labute approximate surface area is 187 Å². The Morgan fingerprint density at radius 2 is 1.91 bits per heavy atom. The minimum Gasteiger partial charge on any atom is -0.369 e. The van der Waals surface area contributed by atoms with Crippen molar-refractivity contribution in [2.45, 2.75) is 26.5 Å².